The number of aromatic nitrogens is 4. The van der Waals surface area contributed by atoms with Crippen molar-refractivity contribution in [2.24, 2.45) is 10.6 Å². The Bertz CT molecular complexity index is 1310. The van der Waals surface area contributed by atoms with Gasteiger partial charge in [0.15, 0.2) is 5.13 Å². The molecule has 15 nitrogen and oxygen atoms in total. The van der Waals surface area contributed by atoms with Crippen LogP contribution < -0.4 is 27.1 Å². The Morgan fingerprint density at radius 2 is 2.13 bits per heavy atom. The average molecular weight is 598 g/mol. The molecule has 3 atom stereocenters. The number of aliphatic carboxylic acids is 1. The van der Waals surface area contributed by atoms with Gasteiger partial charge in [-0.15, -0.1) is 11.8 Å². The third-order valence-electron chi connectivity index (χ3n) is 6.03. The first kappa shape index (κ1) is 28.6. The van der Waals surface area contributed by atoms with Gasteiger partial charge < -0.3 is 37.4 Å². The number of amides is 2. The molecule has 0 spiro atoms. The number of carboxylic acid groups (broad SMARTS) is 1. The second-order valence-corrected chi connectivity index (χ2v) is 11.7. The van der Waals surface area contributed by atoms with Crippen LogP contribution >= 0.6 is 35.1 Å². The molecule has 39 heavy (non-hydrogen) atoms. The summed E-state index contributed by atoms with van der Waals surface area (Å²) in [5.74, 6) is -1.10. The molecule has 210 valence electrons. The topological polar surface area (TPSA) is 229 Å². The summed E-state index contributed by atoms with van der Waals surface area (Å²) in [7, 11) is 0. The summed E-state index contributed by atoms with van der Waals surface area (Å²) in [6.07, 6.45) is 0.800. The van der Waals surface area contributed by atoms with Crippen molar-refractivity contribution < 1.29 is 28.9 Å². The first-order valence-electron chi connectivity index (χ1n) is 11.9. The summed E-state index contributed by atoms with van der Waals surface area (Å²) >= 11 is 3.42. The number of β-lactam (4-membered cyclic amide) rings is 1. The van der Waals surface area contributed by atoms with Gasteiger partial charge in [-0.25, -0.2) is 4.57 Å². The molecule has 18 heteroatoms. The van der Waals surface area contributed by atoms with Crippen LogP contribution in [-0.2, 0) is 25.8 Å². The minimum Gasteiger partial charge on any atom is -0.481 e. The van der Waals surface area contributed by atoms with Crippen molar-refractivity contribution in [3.8, 4) is 0 Å². The third kappa shape index (κ3) is 5.81. The highest BCUT2D eigenvalue weighted by atomic mass is 32.2. The summed E-state index contributed by atoms with van der Waals surface area (Å²) in [4.78, 5) is 53.3. The normalized spacial score (nSPS) is 22.7. The molecule has 8 N–H and O–H groups in total. The molecule has 2 unspecified atom stereocenters. The van der Waals surface area contributed by atoms with E-state index in [0.29, 0.717) is 17.5 Å². The summed E-state index contributed by atoms with van der Waals surface area (Å²) in [5, 5.41) is 16.9. The zero-order chi connectivity index (χ0) is 28.3. The van der Waals surface area contributed by atoms with Crippen molar-refractivity contribution in [2.45, 2.75) is 43.4 Å². The molecule has 0 saturated carbocycles. The molecule has 4 rings (SSSR count). The van der Waals surface area contributed by atoms with E-state index < -0.39 is 34.6 Å². The predicted molar refractivity (Wildman–Crippen MR) is 147 cm³/mol. The molecule has 0 aromatic carbocycles. The van der Waals surface area contributed by atoms with Crippen molar-refractivity contribution >= 4 is 75.3 Å². The number of carbonyl (C=O) groups is 3. The van der Waals surface area contributed by atoms with Gasteiger partial charge in [-0.1, -0.05) is 28.8 Å². The number of oxime groups is 1. The number of carboxylic acids is 1. The Kier molecular flexibility index (Phi) is 8.65. The Labute approximate surface area is 236 Å². The van der Waals surface area contributed by atoms with Gasteiger partial charge >= 0.3 is 11.1 Å². The van der Waals surface area contributed by atoms with E-state index in [4.69, 9.17) is 22.0 Å². The maximum absolute atomic E-state index is 13.1. The quantitative estimate of drug-likeness (QED) is 0.0544. The number of carbonyl (C=O) groups excluding carboxylic acids is 2. The Balaban J connectivity index is 1.46. The highest BCUT2D eigenvalue weighted by Gasteiger charge is 2.57. The molecular weight excluding hydrogens is 568 g/mol. The number of anilines is 3. The van der Waals surface area contributed by atoms with E-state index in [1.54, 1.807) is 17.6 Å². The van der Waals surface area contributed by atoms with Gasteiger partial charge in [0.25, 0.3) is 5.91 Å². The van der Waals surface area contributed by atoms with E-state index in [0.717, 1.165) is 18.0 Å². The van der Waals surface area contributed by atoms with Gasteiger partial charge in [-0.3, -0.25) is 14.4 Å². The predicted octanol–water partition coefficient (Wildman–Crippen LogP) is -0.619. The molecule has 2 aliphatic rings. The molecular formula is C21H29N10O5S3+. The molecule has 0 bridgehead atoms. The molecule has 0 aliphatic carbocycles. The van der Waals surface area contributed by atoms with Crippen LogP contribution in [0.1, 0.15) is 26.1 Å². The van der Waals surface area contributed by atoms with Crippen LogP contribution in [0.2, 0.25) is 0 Å². The van der Waals surface area contributed by atoms with Crippen molar-refractivity contribution in [2.75, 3.05) is 41.9 Å². The van der Waals surface area contributed by atoms with Crippen LogP contribution in [0, 0.1) is 5.41 Å². The first-order chi connectivity index (χ1) is 18.6. The second-order valence-electron chi connectivity index (χ2n) is 8.85. The van der Waals surface area contributed by atoms with Gasteiger partial charge in [0, 0.05) is 29.6 Å². The fourth-order valence-electron chi connectivity index (χ4n) is 4.06. The molecule has 2 aliphatic heterocycles. The van der Waals surface area contributed by atoms with Crippen molar-refractivity contribution in [1.29, 1.82) is 0 Å². The molecule has 2 aromatic heterocycles. The fourth-order valence-corrected chi connectivity index (χ4v) is 7.41. The number of nitrogen functional groups attached to an aromatic ring is 3. The maximum atomic E-state index is 13.1. The van der Waals surface area contributed by atoms with Crippen LogP contribution in [0.5, 0.6) is 0 Å². The van der Waals surface area contributed by atoms with Crippen molar-refractivity contribution in [3.63, 3.8) is 0 Å². The monoisotopic (exact) mass is 597 g/mol. The largest absolute Gasteiger partial charge is 0.481 e. The Morgan fingerprint density at radius 1 is 1.36 bits per heavy atom. The molecule has 2 fully saturated rings. The molecule has 2 amide bonds. The Morgan fingerprint density at radius 3 is 2.77 bits per heavy atom. The summed E-state index contributed by atoms with van der Waals surface area (Å²) in [6, 6.07) is 0.692. The molecule has 2 saturated heterocycles. The number of hydrogen-bond donors (Lipinski definition) is 5. The fraction of sp³-hybridized carbons (Fsp3) is 0.524. The number of rotatable bonds is 11. The molecule has 0 radical (unpaired) electrons. The SMILES string of the molecule is CCC[n+]1c(N)cc(N)nc1SCC1(C(=O)O)CS[C@@H]2C(NC(=O)C(=NOCC)c3nsc(N)n3)C(=O)N2C1. The van der Waals surface area contributed by atoms with Crippen LogP contribution in [-0.4, -0.2) is 83.9 Å². The molecule has 4 heterocycles. The standard InChI is InChI=1S/C21H28N10O5S3/c1-3-5-30-11(23)6-10(22)25-20(30)38-9-21(18(34)35)7-31-16(33)13(17(31)37-8-21)26-15(32)12(28-36-4-2)14-27-19(24)39-29-14/h6,13,17H,3-5,7-9H2,1-2H3,(H7,22,23,24,26,27,29,32,34,35)/p+1/t13?,17-,21?/m1/s1. The number of nitrogens with two attached hydrogens (primary N) is 3. The zero-order valence-electron chi connectivity index (χ0n) is 21.2. The summed E-state index contributed by atoms with van der Waals surface area (Å²) in [6.45, 7) is 4.47. The van der Waals surface area contributed by atoms with E-state index in [2.05, 4.69) is 24.8 Å². The van der Waals surface area contributed by atoms with Gasteiger partial charge in [0.2, 0.25) is 29.1 Å². The zero-order valence-corrected chi connectivity index (χ0v) is 23.6. The van der Waals surface area contributed by atoms with Gasteiger partial charge in [0.05, 0.1) is 12.6 Å². The molecule has 2 aromatic rings. The van der Waals surface area contributed by atoms with Gasteiger partial charge in [-0.05, 0) is 13.3 Å². The lowest BCUT2D eigenvalue weighted by molar-refractivity contribution is -0.723. The smallest absolute Gasteiger partial charge is 0.313 e. The van der Waals surface area contributed by atoms with E-state index in [1.165, 1.54) is 28.4 Å². The lowest BCUT2D eigenvalue weighted by Gasteiger charge is -2.53. The van der Waals surface area contributed by atoms with Crippen LogP contribution in [0.25, 0.3) is 0 Å². The van der Waals surface area contributed by atoms with Crippen LogP contribution in [0.4, 0.5) is 16.8 Å². The number of hydrogen-bond acceptors (Lipinski definition) is 14. The summed E-state index contributed by atoms with van der Waals surface area (Å²) in [5.41, 5.74) is 16.2. The van der Waals surface area contributed by atoms with Crippen LogP contribution in [0.3, 0.4) is 0 Å². The third-order valence-corrected chi connectivity index (χ3v) is 9.42. The lowest BCUT2D eigenvalue weighted by Crippen LogP contribution is -2.74. The maximum Gasteiger partial charge on any atom is 0.313 e. The van der Waals surface area contributed by atoms with E-state index in [-0.39, 0.29) is 47.1 Å². The summed E-state index contributed by atoms with van der Waals surface area (Å²) < 4.78 is 5.79. The average Bonchev–Trinajstić information content (AvgIpc) is 3.33. The van der Waals surface area contributed by atoms with Crippen molar-refractivity contribution in [3.05, 3.63) is 11.9 Å². The van der Waals surface area contributed by atoms with E-state index in [9.17, 15) is 19.5 Å². The first-order valence-corrected chi connectivity index (χ1v) is 14.8. The van der Waals surface area contributed by atoms with Crippen LogP contribution in [0.15, 0.2) is 16.4 Å². The lowest BCUT2D eigenvalue weighted by atomic mass is 9.89. The second kappa shape index (κ2) is 11.8. The van der Waals surface area contributed by atoms with E-state index in [1.807, 2.05) is 6.92 Å². The number of nitrogens with zero attached hydrogens (tertiary/aromatic N) is 6. The Hall–Kier alpha value is -3.38. The number of fused-ring (bicyclic) bond motifs is 1. The minimum absolute atomic E-state index is 0.0126. The highest BCUT2D eigenvalue weighted by Crippen LogP contribution is 2.44. The number of nitrogens with one attached hydrogen (secondary N) is 1. The van der Waals surface area contributed by atoms with Gasteiger partial charge in [-0.2, -0.15) is 9.36 Å². The van der Waals surface area contributed by atoms with Gasteiger partial charge in [0.1, 0.15) is 23.4 Å². The van der Waals surface area contributed by atoms with Crippen molar-refractivity contribution in [1.82, 2.24) is 24.6 Å². The number of thioether (sulfide) groups is 2. The minimum atomic E-state index is -1.24. The van der Waals surface area contributed by atoms with E-state index >= 15 is 0 Å². The highest BCUT2D eigenvalue weighted by molar-refractivity contribution is 8.00.